The minimum absolute atomic E-state index is 0.656. The molecule has 2 aliphatic rings. The third kappa shape index (κ3) is 2.41. The molecule has 2 nitrogen and oxygen atoms in total. The first-order valence-corrected chi connectivity index (χ1v) is 5.19. The first-order chi connectivity index (χ1) is 7.92. The van der Waals surface area contributed by atoms with Gasteiger partial charge in [-0.05, 0) is 34.9 Å². The van der Waals surface area contributed by atoms with Crippen molar-refractivity contribution in [2.75, 3.05) is 7.11 Å². The summed E-state index contributed by atoms with van der Waals surface area (Å²) in [6.45, 7) is 0.656. The molecule has 0 bridgehead atoms. The summed E-state index contributed by atoms with van der Waals surface area (Å²) in [5.41, 5.74) is 3.86. The molecule has 82 valence electrons. The molecule has 0 saturated carbocycles. The molecule has 16 heavy (non-hydrogen) atoms. The molecule has 0 atom stereocenters. The van der Waals surface area contributed by atoms with Gasteiger partial charge < -0.3 is 9.84 Å². The third-order valence-corrected chi connectivity index (χ3v) is 2.40. The van der Waals surface area contributed by atoms with Crippen molar-refractivity contribution < 1.29 is 9.84 Å². The van der Waals surface area contributed by atoms with Gasteiger partial charge in [0.2, 0.25) is 0 Å². The van der Waals surface area contributed by atoms with Gasteiger partial charge >= 0.3 is 0 Å². The van der Waals surface area contributed by atoms with Gasteiger partial charge in [0.1, 0.15) is 12.4 Å². The monoisotopic (exact) mass is 214 g/mol. The second-order valence-corrected chi connectivity index (χ2v) is 3.52. The Kier molecular flexibility index (Phi) is 3.22. The lowest BCUT2D eigenvalue weighted by atomic mass is 10.2. The van der Waals surface area contributed by atoms with Crippen LogP contribution in [-0.4, -0.2) is 12.2 Å². The summed E-state index contributed by atoms with van der Waals surface area (Å²) in [5, 5.41) is 7.00. The van der Waals surface area contributed by atoms with E-state index in [0.29, 0.717) is 6.61 Å². The molecule has 0 aromatic heterocycles. The second kappa shape index (κ2) is 4.81. The molecule has 0 fully saturated rings. The Morgan fingerprint density at radius 1 is 0.938 bits per heavy atom. The van der Waals surface area contributed by atoms with Crippen molar-refractivity contribution >= 4 is 0 Å². The van der Waals surface area contributed by atoms with Crippen LogP contribution in [0.15, 0.2) is 48.5 Å². The molecule has 0 heterocycles. The summed E-state index contributed by atoms with van der Waals surface area (Å²) in [6, 6.07) is 16.5. The summed E-state index contributed by atoms with van der Waals surface area (Å²) in [5.74, 6) is 0.987. The van der Waals surface area contributed by atoms with Crippen LogP contribution >= 0.6 is 0 Å². The SMILES string of the molecule is CO.c1ccc(COc2cc3cc-3c2)cc1. The maximum atomic E-state index is 7.00. The highest BCUT2D eigenvalue weighted by Crippen LogP contribution is 2.39. The van der Waals surface area contributed by atoms with Crippen LogP contribution in [-0.2, 0) is 6.61 Å². The van der Waals surface area contributed by atoms with Crippen molar-refractivity contribution in [1.29, 1.82) is 0 Å². The van der Waals surface area contributed by atoms with Crippen LogP contribution in [0, 0.1) is 0 Å². The van der Waals surface area contributed by atoms with Gasteiger partial charge in [-0.3, -0.25) is 0 Å². The molecule has 1 aromatic carbocycles. The Bertz CT molecular complexity index is 441. The number of hydrogen-bond acceptors (Lipinski definition) is 2. The molecule has 2 heteroatoms. The highest BCUT2D eigenvalue weighted by atomic mass is 16.5. The number of ether oxygens (including phenoxy) is 1. The van der Waals surface area contributed by atoms with Crippen LogP contribution in [0.3, 0.4) is 0 Å². The quantitative estimate of drug-likeness (QED) is 0.726. The van der Waals surface area contributed by atoms with Crippen molar-refractivity contribution in [2.45, 2.75) is 6.61 Å². The summed E-state index contributed by atoms with van der Waals surface area (Å²) >= 11 is 0. The van der Waals surface area contributed by atoms with E-state index >= 15 is 0 Å². The van der Waals surface area contributed by atoms with Gasteiger partial charge in [0.25, 0.3) is 0 Å². The molecular weight excluding hydrogens is 200 g/mol. The van der Waals surface area contributed by atoms with Crippen molar-refractivity contribution in [2.24, 2.45) is 0 Å². The van der Waals surface area contributed by atoms with Crippen molar-refractivity contribution in [3.05, 3.63) is 54.1 Å². The Morgan fingerprint density at radius 2 is 1.56 bits per heavy atom. The van der Waals surface area contributed by atoms with E-state index < -0.39 is 0 Å². The van der Waals surface area contributed by atoms with Gasteiger partial charge in [0.05, 0.1) is 0 Å². The number of benzene rings is 2. The molecule has 0 amide bonds. The summed E-state index contributed by atoms with van der Waals surface area (Å²) in [4.78, 5) is 0. The summed E-state index contributed by atoms with van der Waals surface area (Å²) in [6.07, 6.45) is 0. The zero-order valence-electron chi connectivity index (χ0n) is 9.18. The molecule has 0 radical (unpaired) electrons. The number of aliphatic hydroxyl groups excluding tert-OH is 1. The zero-order chi connectivity index (χ0) is 11.4. The van der Waals surface area contributed by atoms with E-state index in [1.165, 1.54) is 16.7 Å². The van der Waals surface area contributed by atoms with Crippen LogP contribution in [0.5, 0.6) is 5.75 Å². The lowest BCUT2D eigenvalue weighted by Crippen LogP contribution is -1.93. The average Bonchev–Trinajstić information content (AvgIpc) is 2.98. The molecule has 0 spiro atoms. The van der Waals surface area contributed by atoms with E-state index in [-0.39, 0.29) is 0 Å². The van der Waals surface area contributed by atoms with Crippen LogP contribution in [0.4, 0.5) is 0 Å². The largest absolute Gasteiger partial charge is 0.489 e. The Morgan fingerprint density at radius 3 is 2.19 bits per heavy atom. The fraction of sp³-hybridized carbons (Fsp3) is 0.143. The molecule has 2 aliphatic carbocycles. The van der Waals surface area contributed by atoms with E-state index in [1.807, 2.05) is 18.2 Å². The van der Waals surface area contributed by atoms with E-state index in [0.717, 1.165) is 12.9 Å². The van der Waals surface area contributed by atoms with Crippen LogP contribution < -0.4 is 4.74 Å². The molecule has 0 aliphatic heterocycles. The number of fused-ring (bicyclic) bond motifs is 1. The van der Waals surface area contributed by atoms with Gasteiger partial charge in [-0.15, -0.1) is 0 Å². The Hall–Kier alpha value is -1.80. The van der Waals surface area contributed by atoms with Crippen molar-refractivity contribution in [3.8, 4) is 16.9 Å². The van der Waals surface area contributed by atoms with Crippen LogP contribution in [0.1, 0.15) is 5.56 Å². The number of hydrogen-bond donors (Lipinski definition) is 1. The Labute approximate surface area is 95.1 Å². The van der Waals surface area contributed by atoms with Crippen LogP contribution in [0.2, 0.25) is 0 Å². The molecule has 0 unspecified atom stereocenters. The highest BCUT2D eigenvalue weighted by Gasteiger charge is 2.14. The van der Waals surface area contributed by atoms with Gasteiger partial charge in [0, 0.05) is 7.11 Å². The lowest BCUT2D eigenvalue weighted by molar-refractivity contribution is 0.307. The van der Waals surface area contributed by atoms with Gasteiger partial charge in [-0.2, -0.15) is 0 Å². The smallest absolute Gasteiger partial charge is 0.121 e. The highest BCUT2D eigenvalue weighted by molar-refractivity contribution is 5.83. The van der Waals surface area contributed by atoms with E-state index in [1.54, 1.807) is 0 Å². The van der Waals surface area contributed by atoms with Crippen molar-refractivity contribution in [3.63, 3.8) is 0 Å². The van der Waals surface area contributed by atoms with Gasteiger partial charge in [-0.1, -0.05) is 30.3 Å². The number of aliphatic hydroxyl groups is 1. The predicted molar refractivity (Wildman–Crippen MR) is 64.4 cm³/mol. The van der Waals surface area contributed by atoms with E-state index in [4.69, 9.17) is 9.84 Å². The van der Waals surface area contributed by atoms with E-state index in [2.05, 4.69) is 30.3 Å². The minimum Gasteiger partial charge on any atom is -0.489 e. The maximum absolute atomic E-state index is 7.00. The lowest BCUT2D eigenvalue weighted by Gasteiger charge is -2.03. The van der Waals surface area contributed by atoms with E-state index in [9.17, 15) is 0 Å². The minimum atomic E-state index is 0.656. The molecule has 1 aromatic rings. The molecular formula is C14H14O2. The van der Waals surface area contributed by atoms with Crippen LogP contribution in [0.25, 0.3) is 11.1 Å². The van der Waals surface area contributed by atoms with Gasteiger partial charge in [0.15, 0.2) is 0 Å². The Balaban J connectivity index is 0.000000457. The fourth-order valence-electron chi connectivity index (χ4n) is 1.55. The zero-order valence-corrected chi connectivity index (χ0v) is 9.18. The normalized spacial score (nSPS) is 10.1. The topological polar surface area (TPSA) is 29.5 Å². The summed E-state index contributed by atoms with van der Waals surface area (Å²) < 4.78 is 5.63. The predicted octanol–water partition coefficient (Wildman–Crippen LogP) is 2.85. The molecule has 1 N–H and O–H groups in total. The molecule has 0 saturated heterocycles. The fourth-order valence-corrected chi connectivity index (χ4v) is 1.55. The third-order valence-electron chi connectivity index (χ3n) is 2.40. The van der Waals surface area contributed by atoms with Crippen molar-refractivity contribution in [1.82, 2.24) is 0 Å². The summed E-state index contributed by atoms with van der Waals surface area (Å²) in [7, 11) is 1.00. The average molecular weight is 214 g/mol. The standard InChI is InChI=1S/C13H10O.CH4O/c1-2-4-10(5-3-1)9-14-13-7-11-6-12(11)8-13;1-2/h1-8H,9H2;2H,1H3. The first-order valence-electron chi connectivity index (χ1n) is 5.19. The maximum Gasteiger partial charge on any atom is 0.121 e. The second-order valence-electron chi connectivity index (χ2n) is 3.52. The number of rotatable bonds is 3. The first kappa shape index (κ1) is 10.7. The van der Waals surface area contributed by atoms with Gasteiger partial charge in [-0.25, -0.2) is 0 Å². The molecule has 3 rings (SSSR count).